The maximum absolute atomic E-state index is 13.3. The molecule has 0 N–H and O–H groups in total. The third-order valence-electron chi connectivity index (χ3n) is 5.20. The molecule has 0 spiro atoms. The Morgan fingerprint density at radius 3 is 2.53 bits per heavy atom. The van der Waals surface area contributed by atoms with Crippen molar-refractivity contribution in [1.82, 2.24) is 9.97 Å². The number of aromatic nitrogens is 2. The van der Waals surface area contributed by atoms with Crippen LogP contribution in [0.4, 0.5) is 5.13 Å². The van der Waals surface area contributed by atoms with Gasteiger partial charge in [0.2, 0.25) is 5.91 Å². The van der Waals surface area contributed by atoms with E-state index in [-0.39, 0.29) is 35.9 Å². The minimum absolute atomic E-state index is 0.0535. The number of hydrogen-bond acceptors (Lipinski definition) is 7. The zero-order valence-electron chi connectivity index (χ0n) is 18.3. The number of carbonyl (C=O) groups is 1. The first kappa shape index (κ1) is 24.1. The molecule has 0 unspecified atom stereocenters. The summed E-state index contributed by atoms with van der Waals surface area (Å²) in [6.45, 7) is 0.270. The standard InChI is InChI=1S/C24H22ClN3O4S2/c1-32-20-10-9-19(25)23-22(20)27-24(33-23)28(16-17-11-13-26-14-12-17)21(29)8-5-15-34(30,31)18-6-3-2-4-7-18/h2-4,6-7,9-14H,5,8,15-16H2,1H3. The number of amides is 1. The number of fused-ring (bicyclic) bond motifs is 1. The molecule has 34 heavy (non-hydrogen) atoms. The van der Waals surface area contributed by atoms with Crippen molar-refractivity contribution in [2.45, 2.75) is 24.3 Å². The van der Waals surface area contributed by atoms with E-state index in [9.17, 15) is 13.2 Å². The van der Waals surface area contributed by atoms with Crippen molar-refractivity contribution < 1.29 is 17.9 Å². The molecule has 2 aromatic heterocycles. The lowest BCUT2D eigenvalue weighted by molar-refractivity contribution is -0.118. The number of halogens is 1. The third-order valence-corrected chi connectivity index (χ3v) is 8.55. The van der Waals surface area contributed by atoms with Gasteiger partial charge < -0.3 is 4.74 Å². The minimum atomic E-state index is -3.47. The number of thiazole rings is 1. The molecule has 7 nitrogen and oxygen atoms in total. The number of rotatable bonds is 9. The average molecular weight is 516 g/mol. The topological polar surface area (TPSA) is 89.5 Å². The van der Waals surface area contributed by atoms with Gasteiger partial charge in [0, 0.05) is 18.8 Å². The normalized spacial score (nSPS) is 11.5. The Labute approximate surface area is 206 Å². The van der Waals surface area contributed by atoms with Crippen LogP contribution in [-0.4, -0.2) is 37.2 Å². The molecular weight excluding hydrogens is 494 g/mol. The Morgan fingerprint density at radius 1 is 1.09 bits per heavy atom. The first-order valence-electron chi connectivity index (χ1n) is 10.5. The number of sulfone groups is 1. The molecule has 0 aliphatic carbocycles. The Balaban J connectivity index is 1.58. The molecule has 0 aliphatic heterocycles. The second-order valence-corrected chi connectivity index (χ2v) is 11.0. The molecule has 1 amide bonds. The lowest BCUT2D eigenvalue weighted by Crippen LogP contribution is -2.30. The maximum Gasteiger partial charge on any atom is 0.229 e. The van der Waals surface area contributed by atoms with Crippen LogP contribution in [0.3, 0.4) is 0 Å². The van der Waals surface area contributed by atoms with Crippen molar-refractivity contribution in [3.63, 3.8) is 0 Å². The van der Waals surface area contributed by atoms with E-state index in [0.29, 0.717) is 21.4 Å². The van der Waals surface area contributed by atoms with Crippen LogP contribution in [0.2, 0.25) is 5.02 Å². The zero-order chi connectivity index (χ0) is 24.1. The van der Waals surface area contributed by atoms with E-state index in [0.717, 1.165) is 10.3 Å². The molecule has 10 heteroatoms. The van der Waals surface area contributed by atoms with Crippen molar-refractivity contribution in [2.24, 2.45) is 0 Å². The highest BCUT2D eigenvalue weighted by Crippen LogP contribution is 2.39. The van der Waals surface area contributed by atoms with Crippen LogP contribution in [0.5, 0.6) is 5.75 Å². The Hall–Kier alpha value is -3.01. The van der Waals surface area contributed by atoms with E-state index in [1.54, 1.807) is 66.9 Å². The number of anilines is 1. The molecule has 0 fully saturated rings. The van der Waals surface area contributed by atoms with Gasteiger partial charge in [0.25, 0.3) is 0 Å². The number of carbonyl (C=O) groups excluding carboxylic acids is 1. The summed E-state index contributed by atoms with van der Waals surface area (Å²) in [5.74, 6) is 0.215. The van der Waals surface area contributed by atoms with Gasteiger partial charge in [0.15, 0.2) is 15.0 Å². The highest BCUT2D eigenvalue weighted by Gasteiger charge is 2.23. The second-order valence-electron chi connectivity index (χ2n) is 7.49. The minimum Gasteiger partial charge on any atom is -0.494 e. The summed E-state index contributed by atoms with van der Waals surface area (Å²) in [5, 5.41) is 0.985. The number of pyridine rings is 1. The van der Waals surface area contributed by atoms with E-state index in [2.05, 4.69) is 9.97 Å². The molecule has 176 valence electrons. The molecule has 0 saturated heterocycles. The van der Waals surface area contributed by atoms with Crippen LogP contribution in [0, 0.1) is 0 Å². The molecule has 0 saturated carbocycles. The smallest absolute Gasteiger partial charge is 0.229 e. The molecular formula is C24H22ClN3O4S2. The summed E-state index contributed by atoms with van der Waals surface area (Å²) in [5.41, 5.74) is 1.45. The van der Waals surface area contributed by atoms with Crippen LogP contribution in [-0.2, 0) is 21.2 Å². The van der Waals surface area contributed by atoms with Gasteiger partial charge in [-0.05, 0) is 48.4 Å². The fourth-order valence-corrected chi connectivity index (χ4v) is 6.05. The van der Waals surface area contributed by atoms with Crippen molar-refractivity contribution in [3.05, 3.63) is 77.6 Å². The van der Waals surface area contributed by atoms with Crippen LogP contribution in [0.25, 0.3) is 10.2 Å². The van der Waals surface area contributed by atoms with Crippen molar-refractivity contribution in [3.8, 4) is 5.75 Å². The molecule has 2 aromatic carbocycles. The lowest BCUT2D eigenvalue weighted by atomic mass is 10.2. The number of hydrogen-bond donors (Lipinski definition) is 0. The fourth-order valence-electron chi connectivity index (χ4n) is 3.45. The Morgan fingerprint density at radius 2 is 1.82 bits per heavy atom. The van der Waals surface area contributed by atoms with Gasteiger partial charge in [-0.3, -0.25) is 14.7 Å². The van der Waals surface area contributed by atoms with Crippen molar-refractivity contribution in [1.29, 1.82) is 0 Å². The van der Waals surface area contributed by atoms with Gasteiger partial charge in [0.05, 0.1) is 34.0 Å². The van der Waals surface area contributed by atoms with Gasteiger partial charge in [-0.1, -0.05) is 41.1 Å². The highest BCUT2D eigenvalue weighted by molar-refractivity contribution is 7.91. The molecule has 4 aromatic rings. The van der Waals surface area contributed by atoms with Gasteiger partial charge in [-0.2, -0.15) is 0 Å². The van der Waals surface area contributed by atoms with Crippen LogP contribution >= 0.6 is 22.9 Å². The fraction of sp³-hybridized carbons (Fsp3) is 0.208. The quantitative estimate of drug-likeness (QED) is 0.306. The summed E-state index contributed by atoms with van der Waals surface area (Å²) in [6, 6.07) is 15.4. The molecule has 0 aliphatic rings. The first-order valence-corrected chi connectivity index (χ1v) is 13.3. The number of ether oxygens (including phenoxy) is 1. The van der Waals surface area contributed by atoms with E-state index < -0.39 is 9.84 Å². The van der Waals surface area contributed by atoms with Crippen molar-refractivity contribution >= 4 is 54.0 Å². The van der Waals surface area contributed by atoms with Gasteiger partial charge in [0.1, 0.15) is 11.3 Å². The molecule has 0 bridgehead atoms. The first-order chi connectivity index (χ1) is 16.4. The Kier molecular flexibility index (Phi) is 7.45. The van der Waals surface area contributed by atoms with E-state index in [4.69, 9.17) is 16.3 Å². The largest absolute Gasteiger partial charge is 0.494 e. The molecule has 0 radical (unpaired) electrons. The molecule has 2 heterocycles. The second kappa shape index (κ2) is 10.5. The van der Waals surface area contributed by atoms with Gasteiger partial charge in [-0.25, -0.2) is 13.4 Å². The van der Waals surface area contributed by atoms with E-state index in [1.165, 1.54) is 11.3 Å². The van der Waals surface area contributed by atoms with Crippen LogP contribution in [0.1, 0.15) is 18.4 Å². The SMILES string of the molecule is COc1ccc(Cl)c2sc(N(Cc3ccncc3)C(=O)CCCS(=O)(=O)c3ccccc3)nc12. The van der Waals surface area contributed by atoms with E-state index >= 15 is 0 Å². The summed E-state index contributed by atoms with van der Waals surface area (Å²) < 4.78 is 31.3. The predicted molar refractivity (Wildman–Crippen MR) is 134 cm³/mol. The van der Waals surface area contributed by atoms with Crippen LogP contribution in [0.15, 0.2) is 71.9 Å². The van der Waals surface area contributed by atoms with E-state index in [1.807, 2.05) is 12.1 Å². The lowest BCUT2D eigenvalue weighted by Gasteiger charge is -2.20. The highest BCUT2D eigenvalue weighted by atomic mass is 35.5. The summed E-state index contributed by atoms with van der Waals surface area (Å²) >= 11 is 7.67. The third kappa shape index (κ3) is 5.38. The van der Waals surface area contributed by atoms with Gasteiger partial charge >= 0.3 is 0 Å². The maximum atomic E-state index is 13.3. The average Bonchev–Trinajstić information content (AvgIpc) is 3.30. The molecule has 4 rings (SSSR count). The summed E-state index contributed by atoms with van der Waals surface area (Å²) in [6.07, 6.45) is 3.56. The zero-order valence-corrected chi connectivity index (χ0v) is 20.7. The summed E-state index contributed by atoms with van der Waals surface area (Å²) in [7, 11) is -1.92. The van der Waals surface area contributed by atoms with Crippen molar-refractivity contribution in [2.75, 3.05) is 17.8 Å². The summed E-state index contributed by atoms with van der Waals surface area (Å²) in [4.78, 5) is 23.8. The predicted octanol–water partition coefficient (Wildman–Crippen LogP) is 5.14. The molecule has 0 atom stereocenters. The van der Waals surface area contributed by atoms with Gasteiger partial charge in [-0.15, -0.1) is 0 Å². The monoisotopic (exact) mass is 515 g/mol. The number of nitrogens with zero attached hydrogens (tertiary/aromatic N) is 3. The number of methoxy groups -OCH3 is 1. The number of benzene rings is 2. The van der Waals surface area contributed by atoms with Crippen LogP contribution < -0.4 is 9.64 Å². The Bertz CT molecular complexity index is 1390.